The number of amides is 1. The van der Waals surface area contributed by atoms with Gasteiger partial charge in [0.15, 0.2) is 5.13 Å². The minimum atomic E-state index is -4.36. The topological polar surface area (TPSA) is 58.1 Å². The first-order valence-corrected chi connectivity index (χ1v) is 8.70. The molecular weight excluding hydrogens is 353 g/mol. The second-order valence-electron chi connectivity index (χ2n) is 5.85. The van der Waals surface area contributed by atoms with Crippen LogP contribution < -0.4 is 10.2 Å². The molecule has 0 unspecified atom stereocenters. The van der Waals surface area contributed by atoms with Crippen molar-refractivity contribution in [1.29, 1.82) is 0 Å². The minimum absolute atomic E-state index is 0.0291. The van der Waals surface area contributed by atoms with E-state index >= 15 is 0 Å². The number of halogens is 3. The fourth-order valence-corrected chi connectivity index (χ4v) is 3.55. The van der Waals surface area contributed by atoms with Gasteiger partial charge in [0, 0.05) is 37.9 Å². The van der Waals surface area contributed by atoms with Crippen LogP contribution in [0.5, 0.6) is 0 Å². The molecule has 0 saturated carbocycles. The van der Waals surface area contributed by atoms with Crippen LogP contribution in [-0.4, -0.2) is 29.0 Å². The molecule has 25 heavy (non-hydrogen) atoms. The lowest BCUT2D eigenvalue weighted by Gasteiger charge is -2.31. The zero-order valence-corrected chi connectivity index (χ0v) is 14.1. The lowest BCUT2D eigenvalue weighted by Crippen LogP contribution is -2.40. The molecule has 2 aromatic heterocycles. The molecule has 2 aromatic rings. The summed E-state index contributed by atoms with van der Waals surface area (Å²) in [6.45, 7) is 1.47. The molecule has 3 heterocycles. The SMILES string of the molecule is O=C(NCc1cccnc1)C1CCN(c2ncc(C(F)(F)F)s2)CC1. The zero-order valence-electron chi connectivity index (χ0n) is 13.3. The third kappa shape index (κ3) is 4.47. The van der Waals surface area contributed by atoms with Gasteiger partial charge in [-0.05, 0) is 24.5 Å². The molecule has 1 N–H and O–H groups in total. The lowest BCUT2D eigenvalue weighted by atomic mass is 9.96. The molecule has 0 atom stereocenters. The number of nitrogens with one attached hydrogen (secondary N) is 1. The van der Waals surface area contributed by atoms with Crippen molar-refractivity contribution in [2.45, 2.75) is 25.6 Å². The number of alkyl halides is 3. The van der Waals surface area contributed by atoms with Crippen LogP contribution in [0.4, 0.5) is 18.3 Å². The molecular formula is C16H17F3N4OS. The molecule has 0 radical (unpaired) electrons. The molecule has 5 nitrogen and oxygen atoms in total. The Morgan fingerprint density at radius 3 is 2.68 bits per heavy atom. The van der Waals surface area contributed by atoms with E-state index < -0.39 is 11.1 Å². The fraction of sp³-hybridized carbons (Fsp3) is 0.438. The third-order valence-electron chi connectivity index (χ3n) is 4.10. The highest BCUT2D eigenvalue weighted by Gasteiger charge is 2.34. The first-order valence-electron chi connectivity index (χ1n) is 7.88. The van der Waals surface area contributed by atoms with Crippen LogP contribution in [0.15, 0.2) is 30.7 Å². The van der Waals surface area contributed by atoms with Crippen molar-refractivity contribution in [2.24, 2.45) is 5.92 Å². The van der Waals surface area contributed by atoms with E-state index in [1.165, 1.54) is 0 Å². The maximum Gasteiger partial charge on any atom is 0.427 e. The van der Waals surface area contributed by atoms with Gasteiger partial charge in [-0.15, -0.1) is 0 Å². The van der Waals surface area contributed by atoms with Crippen molar-refractivity contribution >= 4 is 22.4 Å². The van der Waals surface area contributed by atoms with Crippen LogP contribution in [0.3, 0.4) is 0 Å². The van der Waals surface area contributed by atoms with Crippen molar-refractivity contribution in [3.05, 3.63) is 41.2 Å². The van der Waals surface area contributed by atoms with Crippen LogP contribution in [0, 0.1) is 5.92 Å². The average molecular weight is 370 g/mol. The fourth-order valence-electron chi connectivity index (χ4n) is 2.71. The number of thiazole rings is 1. The van der Waals surface area contributed by atoms with E-state index in [4.69, 9.17) is 0 Å². The summed E-state index contributed by atoms with van der Waals surface area (Å²) in [5, 5.41) is 3.25. The minimum Gasteiger partial charge on any atom is -0.352 e. The summed E-state index contributed by atoms with van der Waals surface area (Å²) in [4.78, 5) is 21.2. The molecule has 0 bridgehead atoms. The van der Waals surface area contributed by atoms with Crippen LogP contribution >= 0.6 is 11.3 Å². The number of pyridine rings is 1. The monoisotopic (exact) mass is 370 g/mol. The van der Waals surface area contributed by atoms with E-state index in [0.717, 1.165) is 11.8 Å². The molecule has 0 aromatic carbocycles. The molecule has 1 saturated heterocycles. The van der Waals surface area contributed by atoms with Gasteiger partial charge in [-0.25, -0.2) is 4.98 Å². The summed E-state index contributed by atoms with van der Waals surface area (Å²) < 4.78 is 38.0. The van der Waals surface area contributed by atoms with Gasteiger partial charge in [0.2, 0.25) is 5.91 Å². The Kier molecular flexibility index (Phi) is 5.22. The number of nitrogens with zero attached hydrogens (tertiary/aromatic N) is 3. The Bertz CT molecular complexity index is 712. The Morgan fingerprint density at radius 1 is 1.32 bits per heavy atom. The summed E-state index contributed by atoms with van der Waals surface area (Å²) in [7, 11) is 0. The highest BCUT2D eigenvalue weighted by atomic mass is 32.1. The van der Waals surface area contributed by atoms with E-state index in [9.17, 15) is 18.0 Å². The van der Waals surface area contributed by atoms with Gasteiger partial charge >= 0.3 is 6.18 Å². The highest BCUT2D eigenvalue weighted by Crippen LogP contribution is 2.37. The van der Waals surface area contributed by atoms with Crippen LogP contribution in [-0.2, 0) is 17.5 Å². The second kappa shape index (κ2) is 7.38. The second-order valence-corrected chi connectivity index (χ2v) is 6.85. The molecule has 9 heteroatoms. The standard InChI is InChI=1S/C16H17F3N4OS/c17-16(18,19)13-10-22-15(25-13)23-6-3-12(4-7-23)14(24)21-9-11-2-1-5-20-8-11/h1-2,5,8,10,12H,3-4,6-7,9H2,(H,21,24). The maximum absolute atomic E-state index is 12.7. The van der Waals surface area contributed by atoms with Crippen molar-refractivity contribution in [1.82, 2.24) is 15.3 Å². The van der Waals surface area contributed by atoms with Crippen molar-refractivity contribution < 1.29 is 18.0 Å². The molecule has 134 valence electrons. The van der Waals surface area contributed by atoms with Gasteiger partial charge in [0.05, 0.1) is 6.20 Å². The lowest BCUT2D eigenvalue weighted by molar-refractivity contribution is -0.134. The Labute approximate surface area is 146 Å². The first-order chi connectivity index (χ1) is 11.9. The largest absolute Gasteiger partial charge is 0.427 e. The van der Waals surface area contributed by atoms with Gasteiger partial charge in [-0.2, -0.15) is 13.2 Å². The van der Waals surface area contributed by atoms with E-state index in [2.05, 4.69) is 15.3 Å². The number of carbonyl (C=O) groups is 1. The molecule has 3 rings (SSSR count). The predicted molar refractivity (Wildman–Crippen MR) is 88.1 cm³/mol. The van der Waals surface area contributed by atoms with Crippen LogP contribution in [0.2, 0.25) is 0 Å². The summed E-state index contributed by atoms with van der Waals surface area (Å²) in [5.74, 6) is -0.159. The van der Waals surface area contributed by atoms with Crippen molar-refractivity contribution in [2.75, 3.05) is 18.0 Å². The molecule has 0 spiro atoms. The van der Waals surface area contributed by atoms with Gasteiger partial charge < -0.3 is 10.2 Å². The van der Waals surface area contributed by atoms with E-state index in [-0.39, 0.29) is 11.8 Å². The molecule has 1 amide bonds. The van der Waals surface area contributed by atoms with E-state index in [1.54, 1.807) is 12.4 Å². The summed E-state index contributed by atoms with van der Waals surface area (Å²) in [5.41, 5.74) is 0.927. The number of rotatable bonds is 4. The third-order valence-corrected chi connectivity index (χ3v) is 5.20. The van der Waals surface area contributed by atoms with Crippen molar-refractivity contribution in [3.63, 3.8) is 0 Å². The summed E-state index contributed by atoms with van der Waals surface area (Å²) in [6, 6.07) is 3.69. The number of aromatic nitrogens is 2. The number of piperidine rings is 1. The van der Waals surface area contributed by atoms with Gasteiger partial charge in [-0.1, -0.05) is 17.4 Å². The Morgan fingerprint density at radius 2 is 2.08 bits per heavy atom. The molecule has 1 fully saturated rings. The van der Waals surface area contributed by atoms with Crippen LogP contribution in [0.25, 0.3) is 0 Å². The Hall–Kier alpha value is -2.16. The number of anilines is 1. The zero-order chi connectivity index (χ0) is 17.9. The quantitative estimate of drug-likeness (QED) is 0.899. The number of carbonyl (C=O) groups excluding carboxylic acids is 1. The number of hydrogen-bond acceptors (Lipinski definition) is 5. The molecule has 0 aliphatic carbocycles. The van der Waals surface area contributed by atoms with Crippen molar-refractivity contribution in [3.8, 4) is 0 Å². The van der Waals surface area contributed by atoms with E-state index in [1.807, 2.05) is 17.0 Å². The highest BCUT2D eigenvalue weighted by molar-refractivity contribution is 7.15. The normalized spacial score (nSPS) is 16.0. The average Bonchev–Trinajstić information content (AvgIpc) is 3.11. The summed E-state index contributed by atoms with van der Waals surface area (Å²) in [6.07, 6.45) is 1.07. The van der Waals surface area contributed by atoms with Gasteiger partial charge in [-0.3, -0.25) is 9.78 Å². The predicted octanol–water partition coefficient (Wildman–Crippen LogP) is 3.09. The summed E-state index contributed by atoms with van der Waals surface area (Å²) >= 11 is 0.646. The Balaban J connectivity index is 1.50. The smallest absolute Gasteiger partial charge is 0.352 e. The first kappa shape index (κ1) is 17.7. The van der Waals surface area contributed by atoms with Gasteiger partial charge in [0.1, 0.15) is 4.88 Å². The van der Waals surface area contributed by atoms with Crippen LogP contribution in [0.1, 0.15) is 23.3 Å². The number of hydrogen-bond donors (Lipinski definition) is 1. The molecule has 1 aliphatic rings. The maximum atomic E-state index is 12.7. The van der Waals surface area contributed by atoms with Gasteiger partial charge in [0.25, 0.3) is 0 Å². The van der Waals surface area contributed by atoms with E-state index in [0.29, 0.717) is 48.9 Å². The molecule has 1 aliphatic heterocycles.